The van der Waals surface area contributed by atoms with Crippen molar-refractivity contribution in [3.8, 4) is 11.5 Å². The second kappa shape index (κ2) is 9.31. The van der Waals surface area contributed by atoms with Crippen LogP contribution in [0.4, 0.5) is 0 Å². The van der Waals surface area contributed by atoms with Crippen molar-refractivity contribution in [2.45, 2.75) is 34.3 Å². The van der Waals surface area contributed by atoms with E-state index in [0.717, 1.165) is 55.3 Å². The Morgan fingerprint density at radius 2 is 1.72 bits per heavy atom. The van der Waals surface area contributed by atoms with Gasteiger partial charge in [-0.1, -0.05) is 13.0 Å². The summed E-state index contributed by atoms with van der Waals surface area (Å²) in [4.78, 5) is 17.3. The molecule has 3 rings (SSSR count). The van der Waals surface area contributed by atoms with Gasteiger partial charge in [0.2, 0.25) is 0 Å². The molecule has 5 heteroatoms. The van der Waals surface area contributed by atoms with Gasteiger partial charge in [-0.05, 0) is 68.3 Å². The lowest BCUT2D eigenvalue weighted by molar-refractivity contribution is 0.0643. The van der Waals surface area contributed by atoms with Crippen LogP contribution in [0.5, 0.6) is 11.5 Å². The quantitative estimate of drug-likeness (QED) is 0.741. The third-order valence-electron chi connectivity index (χ3n) is 5.78. The first-order chi connectivity index (χ1) is 13.9. The molecule has 0 spiro atoms. The average Bonchev–Trinajstić information content (AvgIpc) is 2.74. The number of carbonyl (C=O) groups is 1. The number of ether oxygens (including phenoxy) is 2. The van der Waals surface area contributed by atoms with E-state index in [1.54, 1.807) is 7.11 Å². The van der Waals surface area contributed by atoms with Crippen LogP contribution in [0.2, 0.25) is 0 Å². The Kier molecular flexibility index (Phi) is 6.80. The fourth-order valence-corrected chi connectivity index (χ4v) is 3.78. The minimum absolute atomic E-state index is 0.0761. The van der Waals surface area contributed by atoms with Gasteiger partial charge in [0.25, 0.3) is 5.91 Å². The van der Waals surface area contributed by atoms with Gasteiger partial charge in [-0.25, -0.2) is 0 Å². The third kappa shape index (κ3) is 4.91. The number of methoxy groups -OCH3 is 1. The van der Waals surface area contributed by atoms with E-state index in [0.29, 0.717) is 12.2 Å². The number of amides is 1. The number of likely N-dealkylation sites (N-methyl/N-ethyl adjacent to an activating group) is 1. The van der Waals surface area contributed by atoms with Crippen LogP contribution in [-0.4, -0.2) is 55.5 Å². The van der Waals surface area contributed by atoms with Crippen LogP contribution in [0.25, 0.3) is 0 Å². The molecule has 2 aromatic rings. The highest BCUT2D eigenvalue weighted by atomic mass is 16.5. The van der Waals surface area contributed by atoms with Gasteiger partial charge in [0, 0.05) is 37.3 Å². The molecule has 0 unspecified atom stereocenters. The van der Waals surface area contributed by atoms with Crippen LogP contribution >= 0.6 is 0 Å². The summed E-state index contributed by atoms with van der Waals surface area (Å²) in [5, 5.41) is 0. The third-order valence-corrected chi connectivity index (χ3v) is 5.78. The Bertz CT molecular complexity index is 871. The highest BCUT2D eigenvalue weighted by molar-refractivity contribution is 5.94. The van der Waals surface area contributed by atoms with E-state index >= 15 is 0 Å². The average molecular weight is 397 g/mol. The lowest BCUT2D eigenvalue weighted by Crippen LogP contribution is -2.48. The number of carbonyl (C=O) groups excluding carboxylic acids is 1. The normalized spacial score (nSPS) is 14.7. The number of nitrogens with zero attached hydrogens (tertiary/aromatic N) is 2. The molecule has 0 atom stereocenters. The molecule has 1 amide bonds. The zero-order valence-electron chi connectivity index (χ0n) is 18.2. The predicted octanol–water partition coefficient (Wildman–Crippen LogP) is 3.98. The minimum Gasteiger partial charge on any atom is -0.496 e. The molecule has 1 fully saturated rings. The van der Waals surface area contributed by atoms with Gasteiger partial charge >= 0.3 is 0 Å². The Hall–Kier alpha value is -2.53. The van der Waals surface area contributed by atoms with Crippen molar-refractivity contribution in [3.05, 3.63) is 58.1 Å². The topological polar surface area (TPSA) is 42.0 Å². The number of rotatable bonds is 6. The van der Waals surface area contributed by atoms with Crippen LogP contribution in [0.1, 0.15) is 39.5 Å². The second-order valence-electron chi connectivity index (χ2n) is 7.75. The van der Waals surface area contributed by atoms with Gasteiger partial charge in [-0.15, -0.1) is 0 Å². The molecule has 0 radical (unpaired) electrons. The number of aryl methyl sites for hydroxylation is 2. The van der Waals surface area contributed by atoms with Crippen molar-refractivity contribution in [1.82, 2.24) is 9.80 Å². The maximum atomic E-state index is 13.0. The summed E-state index contributed by atoms with van der Waals surface area (Å²) in [7, 11) is 1.65. The van der Waals surface area contributed by atoms with Crippen LogP contribution in [0.15, 0.2) is 30.3 Å². The molecule has 0 aliphatic carbocycles. The molecule has 0 aromatic heterocycles. The Morgan fingerprint density at radius 1 is 1.00 bits per heavy atom. The fraction of sp³-hybridized carbons (Fsp3) is 0.458. The Labute approximate surface area is 174 Å². The molecular formula is C24H32N2O3. The predicted molar refractivity (Wildman–Crippen MR) is 116 cm³/mol. The number of piperazine rings is 1. The maximum Gasteiger partial charge on any atom is 0.253 e. The fourth-order valence-electron chi connectivity index (χ4n) is 3.78. The SMILES string of the molecule is CCN1CCN(C(=O)c2ccc(OC)c(COc3cc(C)cc(C)c3C)c2)CC1. The largest absolute Gasteiger partial charge is 0.496 e. The molecule has 1 heterocycles. The van der Waals surface area contributed by atoms with E-state index < -0.39 is 0 Å². The molecule has 156 valence electrons. The minimum atomic E-state index is 0.0761. The van der Waals surface area contributed by atoms with Crippen molar-refractivity contribution in [1.29, 1.82) is 0 Å². The van der Waals surface area contributed by atoms with Gasteiger partial charge in [0.15, 0.2) is 0 Å². The summed E-state index contributed by atoms with van der Waals surface area (Å²) in [6.07, 6.45) is 0. The van der Waals surface area contributed by atoms with Gasteiger partial charge in [-0.3, -0.25) is 4.79 Å². The first kappa shape index (κ1) is 21.2. The number of hydrogen-bond donors (Lipinski definition) is 0. The number of hydrogen-bond acceptors (Lipinski definition) is 4. The van der Waals surface area contributed by atoms with Gasteiger partial charge in [0.05, 0.1) is 7.11 Å². The van der Waals surface area contributed by atoms with E-state index in [4.69, 9.17) is 9.47 Å². The highest BCUT2D eigenvalue weighted by Crippen LogP contribution is 2.27. The standard InChI is InChI=1S/C24H32N2O3/c1-6-25-9-11-26(12-10-25)24(27)20-7-8-22(28-5)21(15-20)16-29-23-14-17(2)13-18(3)19(23)4/h7-8,13-15H,6,9-12,16H2,1-5H3. The number of benzene rings is 2. The Balaban J connectivity index is 1.76. The lowest BCUT2D eigenvalue weighted by atomic mass is 10.1. The van der Waals surface area contributed by atoms with E-state index in [2.05, 4.69) is 44.7 Å². The van der Waals surface area contributed by atoms with E-state index in [-0.39, 0.29) is 5.91 Å². The lowest BCUT2D eigenvalue weighted by Gasteiger charge is -2.34. The van der Waals surface area contributed by atoms with Crippen LogP contribution in [-0.2, 0) is 6.61 Å². The van der Waals surface area contributed by atoms with E-state index in [9.17, 15) is 4.79 Å². The summed E-state index contributed by atoms with van der Waals surface area (Å²) in [6, 6.07) is 9.82. The molecule has 1 saturated heterocycles. The zero-order chi connectivity index (χ0) is 21.0. The van der Waals surface area contributed by atoms with Crippen molar-refractivity contribution in [3.63, 3.8) is 0 Å². The van der Waals surface area contributed by atoms with Gasteiger partial charge in [0.1, 0.15) is 18.1 Å². The first-order valence-corrected chi connectivity index (χ1v) is 10.3. The summed E-state index contributed by atoms with van der Waals surface area (Å²) in [5.74, 6) is 1.68. The van der Waals surface area contributed by atoms with Crippen molar-refractivity contribution in [2.75, 3.05) is 39.8 Å². The van der Waals surface area contributed by atoms with Crippen LogP contribution in [0.3, 0.4) is 0 Å². The first-order valence-electron chi connectivity index (χ1n) is 10.3. The smallest absolute Gasteiger partial charge is 0.253 e. The van der Waals surface area contributed by atoms with Gasteiger partial charge in [-0.2, -0.15) is 0 Å². The van der Waals surface area contributed by atoms with Crippen LogP contribution in [0, 0.1) is 20.8 Å². The summed E-state index contributed by atoms with van der Waals surface area (Å²) in [6.45, 7) is 13.2. The summed E-state index contributed by atoms with van der Waals surface area (Å²) >= 11 is 0. The van der Waals surface area contributed by atoms with Crippen LogP contribution < -0.4 is 9.47 Å². The molecule has 2 aromatic carbocycles. The highest BCUT2D eigenvalue weighted by Gasteiger charge is 2.22. The Morgan fingerprint density at radius 3 is 2.38 bits per heavy atom. The molecule has 0 bridgehead atoms. The zero-order valence-corrected chi connectivity index (χ0v) is 18.2. The van der Waals surface area contributed by atoms with E-state index in [1.807, 2.05) is 23.1 Å². The van der Waals surface area contributed by atoms with Crippen molar-refractivity contribution < 1.29 is 14.3 Å². The summed E-state index contributed by atoms with van der Waals surface area (Å²) in [5.41, 5.74) is 5.08. The van der Waals surface area contributed by atoms with E-state index in [1.165, 1.54) is 11.1 Å². The molecule has 1 aliphatic rings. The second-order valence-corrected chi connectivity index (χ2v) is 7.75. The molecule has 29 heavy (non-hydrogen) atoms. The molecule has 0 N–H and O–H groups in total. The van der Waals surface area contributed by atoms with Crippen molar-refractivity contribution >= 4 is 5.91 Å². The molecule has 5 nitrogen and oxygen atoms in total. The molecule has 0 saturated carbocycles. The van der Waals surface area contributed by atoms with Gasteiger partial charge < -0.3 is 19.3 Å². The summed E-state index contributed by atoms with van der Waals surface area (Å²) < 4.78 is 11.6. The van der Waals surface area contributed by atoms with Crippen molar-refractivity contribution in [2.24, 2.45) is 0 Å². The molecular weight excluding hydrogens is 364 g/mol. The maximum absolute atomic E-state index is 13.0. The molecule has 1 aliphatic heterocycles. The monoisotopic (exact) mass is 396 g/mol.